The van der Waals surface area contributed by atoms with Crippen LogP contribution in [0.2, 0.25) is 5.02 Å². The maximum Gasteiger partial charge on any atom is 0.0420 e. The van der Waals surface area contributed by atoms with Crippen molar-refractivity contribution >= 4 is 33.0 Å². The summed E-state index contributed by atoms with van der Waals surface area (Å²) < 4.78 is 1.26. The number of hydrogen-bond donors (Lipinski definition) is 1. The number of aryl methyl sites for hydroxylation is 1. The Balaban J connectivity index is 2.64. The Kier molecular flexibility index (Phi) is 2.77. The molecule has 0 aliphatic heterocycles. The molecule has 1 aromatic heterocycles. The minimum absolute atomic E-state index is 0.704. The smallest absolute Gasteiger partial charge is 0.0420 e. The number of halogens is 1. The first kappa shape index (κ1) is 9.97. The molecule has 0 aliphatic rings. The van der Waals surface area contributed by atoms with Crippen LogP contribution in [0.4, 0.5) is 0 Å². The Morgan fingerprint density at radius 2 is 2.21 bits per heavy atom. The standard InChI is InChI=1S/C11H12ClNS/c1-7-9(4-5-13)10-3-2-8(12)6-11(10)14-7/h2-3,6H,4-5,13H2,1H3. The van der Waals surface area contributed by atoms with E-state index in [1.807, 2.05) is 12.1 Å². The molecule has 2 rings (SSSR count). The fourth-order valence-corrected chi connectivity index (χ4v) is 3.09. The number of benzene rings is 1. The molecule has 0 amide bonds. The van der Waals surface area contributed by atoms with Gasteiger partial charge < -0.3 is 5.73 Å². The van der Waals surface area contributed by atoms with Gasteiger partial charge in [-0.3, -0.25) is 0 Å². The molecule has 0 atom stereocenters. The van der Waals surface area contributed by atoms with E-state index in [1.54, 1.807) is 11.3 Å². The van der Waals surface area contributed by atoms with E-state index < -0.39 is 0 Å². The van der Waals surface area contributed by atoms with Crippen molar-refractivity contribution in [3.8, 4) is 0 Å². The topological polar surface area (TPSA) is 26.0 Å². The molecule has 0 bridgehead atoms. The summed E-state index contributed by atoms with van der Waals surface area (Å²) in [5.74, 6) is 0. The van der Waals surface area contributed by atoms with Crippen LogP contribution in [-0.4, -0.2) is 6.54 Å². The van der Waals surface area contributed by atoms with Crippen LogP contribution in [0.15, 0.2) is 18.2 Å². The fraction of sp³-hybridized carbons (Fsp3) is 0.273. The van der Waals surface area contributed by atoms with Gasteiger partial charge in [-0.2, -0.15) is 0 Å². The van der Waals surface area contributed by atoms with Crippen LogP contribution < -0.4 is 5.73 Å². The van der Waals surface area contributed by atoms with E-state index in [2.05, 4.69) is 13.0 Å². The van der Waals surface area contributed by atoms with Crippen LogP contribution in [-0.2, 0) is 6.42 Å². The summed E-state index contributed by atoms with van der Waals surface area (Å²) in [6.45, 7) is 2.85. The highest BCUT2D eigenvalue weighted by Crippen LogP contribution is 2.32. The molecule has 3 heteroatoms. The molecule has 0 unspecified atom stereocenters. The van der Waals surface area contributed by atoms with E-state index in [4.69, 9.17) is 17.3 Å². The Morgan fingerprint density at radius 3 is 2.93 bits per heavy atom. The summed E-state index contributed by atoms with van der Waals surface area (Å²) in [4.78, 5) is 1.35. The van der Waals surface area contributed by atoms with Crippen LogP contribution in [0, 0.1) is 6.92 Å². The molecule has 0 spiro atoms. The van der Waals surface area contributed by atoms with Gasteiger partial charge in [0.05, 0.1) is 0 Å². The highest BCUT2D eigenvalue weighted by atomic mass is 35.5. The van der Waals surface area contributed by atoms with E-state index in [0.29, 0.717) is 6.54 Å². The van der Waals surface area contributed by atoms with E-state index in [1.165, 1.54) is 20.5 Å². The molecule has 1 heterocycles. The predicted octanol–water partition coefficient (Wildman–Crippen LogP) is 3.36. The van der Waals surface area contributed by atoms with Crippen LogP contribution in [0.1, 0.15) is 10.4 Å². The van der Waals surface area contributed by atoms with Gasteiger partial charge in [0, 0.05) is 14.6 Å². The molecule has 14 heavy (non-hydrogen) atoms. The predicted molar refractivity (Wildman–Crippen MR) is 64.3 cm³/mol. The fourth-order valence-electron chi connectivity index (χ4n) is 1.70. The quantitative estimate of drug-likeness (QED) is 0.834. The number of fused-ring (bicyclic) bond motifs is 1. The van der Waals surface area contributed by atoms with Crippen molar-refractivity contribution < 1.29 is 0 Å². The first-order valence-corrected chi connectivity index (χ1v) is 5.79. The highest BCUT2D eigenvalue weighted by Gasteiger charge is 2.07. The summed E-state index contributed by atoms with van der Waals surface area (Å²) in [5.41, 5.74) is 6.97. The van der Waals surface area contributed by atoms with Crippen LogP contribution >= 0.6 is 22.9 Å². The maximum atomic E-state index is 5.94. The second-order valence-electron chi connectivity index (χ2n) is 3.32. The number of thiophene rings is 1. The summed E-state index contributed by atoms with van der Waals surface area (Å²) in [5, 5.41) is 2.11. The monoisotopic (exact) mass is 225 g/mol. The van der Waals surface area contributed by atoms with Crippen molar-refractivity contribution in [1.29, 1.82) is 0 Å². The molecule has 0 aliphatic carbocycles. The lowest BCUT2D eigenvalue weighted by Crippen LogP contribution is -2.02. The first-order chi connectivity index (χ1) is 6.72. The third-order valence-corrected chi connectivity index (χ3v) is 3.70. The molecular weight excluding hydrogens is 214 g/mol. The average molecular weight is 226 g/mol. The van der Waals surface area contributed by atoms with Gasteiger partial charge >= 0.3 is 0 Å². The van der Waals surface area contributed by atoms with E-state index in [9.17, 15) is 0 Å². The molecule has 1 aromatic carbocycles. The van der Waals surface area contributed by atoms with Crippen molar-refractivity contribution in [2.24, 2.45) is 5.73 Å². The Labute approximate surface area is 92.5 Å². The summed E-state index contributed by atoms with van der Waals surface area (Å²) in [6, 6.07) is 6.05. The molecule has 1 nitrogen and oxygen atoms in total. The van der Waals surface area contributed by atoms with Crippen molar-refractivity contribution in [2.45, 2.75) is 13.3 Å². The van der Waals surface area contributed by atoms with Crippen molar-refractivity contribution in [1.82, 2.24) is 0 Å². The molecule has 0 saturated heterocycles. The third kappa shape index (κ3) is 1.65. The lowest BCUT2D eigenvalue weighted by Gasteiger charge is -1.98. The molecule has 0 saturated carbocycles. The maximum absolute atomic E-state index is 5.94. The van der Waals surface area contributed by atoms with Gasteiger partial charge in [-0.05, 0) is 43.0 Å². The SMILES string of the molecule is Cc1sc2cc(Cl)ccc2c1CCN. The van der Waals surface area contributed by atoms with Gasteiger partial charge in [-0.15, -0.1) is 11.3 Å². The Morgan fingerprint density at radius 1 is 1.43 bits per heavy atom. The van der Waals surface area contributed by atoms with Crippen molar-refractivity contribution in [2.75, 3.05) is 6.54 Å². The van der Waals surface area contributed by atoms with Crippen molar-refractivity contribution in [3.05, 3.63) is 33.7 Å². The number of rotatable bonds is 2. The zero-order chi connectivity index (χ0) is 10.1. The van der Waals surface area contributed by atoms with Gasteiger partial charge in [0.2, 0.25) is 0 Å². The van der Waals surface area contributed by atoms with Crippen LogP contribution in [0.25, 0.3) is 10.1 Å². The molecular formula is C11H12ClNS. The lowest BCUT2D eigenvalue weighted by atomic mass is 10.1. The number of nitrogens with two attached hydrogens (primary N) is 1. The number of hydrogen-bond acceptors (Lipinski definition) is 2. The Bertz CT molecular complexity index is 462. The molecule has 2 aromatic rings. The zero-order valence-corrected chi connectivity index (χ0v) is 9.58. The van der Waals surface area contributed by atoms with Crippen molar-refractivity contribution in [3.63, 3.8) is 0 Å². The minimum Gasteiger partial charge on any atom is -0.330 e. The summed E-state index contributed by atoms with van der Waals surface area (Å²) >= 11 is 7.73. The first-order valence-electron chi connectivity index (χ1n) is 4.60. The highest BCUT2D eigenvalue weighted by molar-refractivity contribution is 7.19. The Hall–Kier alpha value is -0.570. The average Bonchev–Trinajstić information content (AvgIpc) is 2.43. The minimum atomic E-state index is 0.704. The van der Waals surface area contributed by atoms with Gasteiger partial charge in [-0.25, -0.2) is 0 Å². The molecule has 0 fully saturated rings. The normalized spacial score (nSPS) is 11.1. The van der Waals surface area contributed by atoms with Gasteiger partial charge in [0.25, 0.3) is 0 Å². The summed E-state index contributed by atoms with van der Waals surface area (Å²) in [6.07, 6.45) is 0.952. The van der Waals surface area contributed by atoms with Crippen LogP contribution in [0.3, 0.4) is 0 Å². The van der Waals surface area contributed by atoms with Gasteiger partial charge in [-0.1, -0.05) is 17.7 Å². The molecule has 2 N–H and O–H groups in total. The lowest BCUT2D eigenvalue weighted by molar-refractivity contribution is 0.974. The van der Waals surface area contributed by atoms with Crippen LogP contribution in [0.5, 0.6) is 0 Å². The van der Waals surface area contributed by atoms with Gasteiger partial charge in [0.15, 0.2) is 0 Å². The second kappa shape index (κ2) is 3.89. The zero-order valence-electron chi connectivity index (χ0n) is 8.01. The van der Waals surface area contributed by atoms with E-state index in [0.717, 1.165) is 11.4 Å². The largest absolute Gasteiger partial charge is 0.330 e. The molecule has 74 valence electrons. The third-order valence-electron chi connectivity index (χ3n) is 2.35. The molecule has 0 radical (unpaired) electrons. The van der Waals surface area contributed by atoms with Gasteiger partial charge in [0.1, 0.15) is 0 Å². The second-order valence-corrected chi connectivity index (χ2v) is 5.01. The van der Waals surface area contributed by atoms with E-state index in [-0.39, 0.29) is 0 Å². The van der Waals surface area contributed by atoms with E-state index >= 15 is 0 Å². The summed E-state index contributed by atoms with van der Waals surface area (Å²) in [7, 11) is 0.